The molecule has 0 saturated carbocycles. The van der Waals surface area contributed by atoms with Crippen LogP contribution in [0.25, 0.3) is 0 Å². The van der Waals surface area contributed by atoms with Crippen LogP contribution in [0.5, 0.6) is 5.75 Å². The van der Waals surface area contributed by atoms with Crippen molar-refractivity contribution in [3.05, 3.63) is 51.7 Å². The minimum atomic E-state index is -0.164. The second-order valence-corrected chi connectivity index (χ2v) is 6.28. The van der Waals surface area contributed by atoms with E-state index in [0.717, 1.165) is 16.0 Å². The zero-order valence-corrected chi connectivity index (χ0v) is 13.1. The lowest BCUT2D eigenvalue weighted by Gasteiger charge is -2.14. The Labute approximate surface area is 133 Å². The van der Waals surface area contributed by atoms with Gasteiger partial charge in [0.25, 0.3) is 5.91 Å². The third kappa shape index (κ3) is 3.04. The van der Waals surface area contributed by atoms with Crippen LogP contribution in [0.2, 0.25) is 0 Å². The molecule has 0 spiro atoms. The Balaban J connectivity index is 1.59. The summed E-state index contributed by atoms with van der Waals surface area (Å²) in [6.07, 6.45) is 1.22. The van der Waals surface area contributed by atoms with Gasteiger partial charge in [-0.25, -0.2) is 0 Å². The van der Waals surface area contributed by atoms with Gasteiger partial charge in [0.1, 0.15) is 5.75 Å². The predicted octanol–water partition coefficient (Wildman–Crippen LogP) is 3.13. The lowest BCUT2D eigenvalue weighted by Crippen LogP contribution is -2.31. The fourth-order valence-corrected chi connectivity index (χ4v) is 3.36. The van der Waals surface area contributed by atoms with E-state index in [1.165, 1.54) is 0 Å². The van der Waals surface area contributed by atoms with Crippen LogP contribution in [-0.4, -0.2) is 18.3 Å². The normalized spacial score (nSPS) is 14.5. The molecule has 1 aliphatic carbocycles. The number of Topliss-reactive ketones (excluding diaryl/α,β-unsaturated/α-hetero) is 1. The number of rotatable bonds is 5. The van der Waals surface area contributed by atoms with E-state index >= 15 is 0 Å². The summed E-state index contributed by atoms with van der Waals surface area (Å²) >= 11 is 1.61. The van der Waals surface area contributed by atoms with E-state index in [0.29, 0.717) is 18.6 Å². The van der Waals surface area contributed by atoms with Crippen LogP contribution in [-0.2, 0) is 11.2 Å². The number of ketones is 1. The van der Waals surface area contributed by atoms with Crippen LogP contribution in [0.3, 0.4) is 0 Å². The number of hydrogen-bond acceptors (Lipinski definition) is 4. The first-order valence-electron chi connectivity index (χ1n) is 7.26. The van der Waals surface area contributed by atoms with Gasteiger partial charge in [0.2, 0.25) is 0 Å². The van der Waals surface area contributed by atoms with E-state index in [4.69, 9.17) is 4.74 Å². The molecule has 1 amide bonds. The van der Waals surface area contributed by atoms with Gasteiger partial charge in [-0.15, -0.1) is 11.3 Å². The van der Waals surface area contributed by atoms with Gasteiger partial charge in [-0.3, -0.25) is 9.59 Å². The van der Waals surface area contributed by atoms with E-state index in [1.54, 1.807) is 17.4 Å². The van der Waals surface area contributed by atoms with Gasteiger partial charge in [0.15, 0.2) is 12.4 Å². The van der Waals surface area contributed by atoms with Gasteiger partial charge in [-0.1, -0.05) is 18.2 Å². The molecule has 3 rings (SSSR count). The van der Waals surface area contributed by atoms with E-state index in [-0.39, 0.29) is 24.3 Å². The minimum absolute atomic E-state index is 0.0285. The summed E-state index contributed by atoms with van der Waals surface area (Å²) in [6, 6.07) is 9.35. The number of nitrogens with one attached hydrogen (secondary N) is 1. The van der Waals surface area contributed by atoms with Crippen LogP contribution in [0.4, 0.5) is 0 Å². The maximum absolute atomic E-state index is 12.0. The second kappa shape index (κ2) is 6.32. The number of hydrogen-bond donors (Lipinski definition) is 1. The van der Waals surface area contributed by atoms with E-state index in [1.807, 2.05) is 36.6 Å². The highest BCUT2D eigenvalue weighted by atomic mass is 32.1. The predicted molar refractivity (Wildman–Crippen MR) is 85.5 cm³/mol. The summed E-state index contributed by atoms with van der Waals surface area (Å²) in [5.41, 5.74) is 1.65. The monoisotopic (exact) mass is 315 g/mol. The first-order chi connectivity index (χ1) is 10.6. The van der Waals surface area contributed by atoms with Gasteiger partial charge < -0.3 is 10.1 Å². The Morgan fingerprint density at radius 3 is 2.95 bits per heavy atom. The minimum Gasteiger partial charge on any atom is -0.483 e. The molecule has 1 atom stereocenters. The highest BCUT2D eigenvalue weighted by molar-refractivity contribution is 7.10. The Bertz CT molecular complexity index is 694. The Morgan fingerprint density at radius 1 is 1.32 bits per heavy atom. The summed E-state index contributed by atoms with van der Waals surface area (Å²) in [5.74, 6) is 0.626. The van der Waals surface area contributed by atoms with Crippen molar-refractivity contribution in [3.63, 3.8) is 0 Å². The molecule has 1 aromatic heterocycles. The van der Waals surface area contributed by atoms with Crippen LogP contribution < -0.4 is 10.1 Å². The number of carbonyl (C=O) groups excluding carboxylic acids is 2. The van der Waals surface area contributed by atoms with Crippen molar-refractivity contribution in [2.75, 3.05) is 6.61 Å². The van der Waals surface area contributed by atoms with Crippen molar-refractivity contribution in [1.29, 1.82) is 0 Å². The first kappa shape index (κ1) is 14.8. The van der Waals surface area contributed by atoms with Gasteiger partial charge in [-0.2, -0.15) is 0 Å². The largest absolute Gasteiger partial charge is 0.483 e. The zero-order valence-electron chi connectivity index (χ0n) is 12.3. The Kier molecular flexibility index (Phi) is 4.24. The van der Waals surface area contributed by atoms with Crippen LogP contribution in [0, 0.1) is 0 Å². The summed E-state index contributed by atoms with van der Waals surface area (Å²) in [6.45, 7) is 1.91. The Hall–Kier alpha value is -2.14. The average Bonchev–Trinajstić information content (AvgIpc) is 3.16. The van der Waals surface area contributed by atoms with E-state index < -0.39 is 0 Å². The van der Waals surface area contributed by atoms with E-state index in [9.17, 15) is 9.59 Å². The molecule has 22 heavy (non-hydrogen) atoms. The van der Waals surface area contributed by atoms with Crippen LogP contribution in [0.1, 0.15) is 40.2 Å². The number of benzene rings is 1. The molecule has 0 radical (unpaired) electrons. The lowest BCUT2D eigenvalue weighted by molar-refractivity contribution is -0.123. The third-order valence-electron chi connectivity index (χ3n) is 3.74. The summed E-state index contributed by atoms with van der Waals surface area (Å²) < 4.78 is 5.62. The summed E-state index contributed by atoms with van der Waals surface area (Å²) in [5, 5.41) is 4.89. The molecular weight excluding hydrogens is 298 g/mol. The smallest absolute Gasteiger partial charge is 0.258 e. The van der Waals surface area contributed by atoms with Gasteiger partial charge in [0, 0.05) is 22.4 Å². The fourth-order valence-electron chi connectivity index (χ4n) is 2.63. The highest BCUT2D eigenvalue weighted by Crippen LogP contribution is 2.30. The molecule has 0 bridgehead atoms. The van der Waals surface area contributed by atoms with Crippen molar-refractivity contribution >= 4 is 23.0 Å². The maximum Gasteiger partial charge on any atom is 0.258 e. The van der Waals surface area contributed by atoms with Crippen molar-refractivity contribution < 1.29 is 14.3 Å². The maximum atomic E-state index is 12.0. The molecule has 1 N–H and O–H groups in total. The molecule has 0 aliphatic heterocycles. The first-order valence-corrected chi connectivity index (χ1v) is 8.14. The molecule has 1 heterocycles. The molecule has 1 unspecified atom stereocenters. The topological polar surface area (TPSA) is 55.4 Å². The summed E-state index contributed by atoms with van der Waals surface area (Å²) in [4.78, 5) is 24.8. The lowest BCUT2D eigenvalue weighted by atomic mass is 10.1. The van der Waals surface area contributed by atoms with Gasteiger partial charge >= 0.3 is 0 Å². The SMILES string of the molecule is CC(NC(=O)COc1cccc2c1CCC2=O)c1cccs1. The molecule has 114 valence electrons. The summed E-state index contributed by atoms with van der Waals surface area (Å²) in [7, 11) is 0. The zero-order chi connectivity index (χ0) is 15.5. The van der Waals surface area contributed by atoms with E-state index in [2.05, 4.69) is 5.32 Å². The number of ether oxygens (including phenoxy) is 1. The number of thiophene rings is 1. The van der Waals surface area contributed by atoms with Crippen LogP contribution >= 0.6 is 11.3 Å². The standard InChI is InChI=1S/C17H17NO3S/c1-11(16-6-3-9-22-16)18-17(20)10-21-15-5-2-4-12-13(15)7-8-14(12)19/h2-6,9,11H,7-8,10H2,1H3,(H,18,20). The van der Waals surface area contributed by atoms with Crippen LogP contribution in [0.15, 0.2) is 35.7 Å². The van der Waals surface area contributed by atoms with Crippen molar-refractivity contribution in [2.45, 2.75) is 25.8 Å². The molecular formula is C17H17NO3S. The molecule has 5 heteroatoms. The molecule has 4 nitrogen and oxygen atoms in total. The Morgan fingerprint density at radius 2 is 2.18 bits per heavy atom. The second-order valence-electron chi connectivity index (χ2n) is 5.30. The molecule has 0 saturated heterocycles. The molecule has 1 aromatic carbocycles. The van der Waals surface area contributed by atoms with Crippen molar-refractivity contribution in [1.82, 2.24) is 5.32 Å². The number of amides is 1. The highest BCUT2D eigenvalue weighted by Gasteiger charge is 2.23. The van der Waals surface area contributed by atoms with Crippen molar-refractivity contribution in [2.24, 2.45) is 0 Å². The molecule has 2 aromatic rings. The van der Waals surface area contributed by atoms with Crippen molar-refractivity contribution in [3.8, 4) is 5.75 Å². The molecule has 1 aliphatic rings. The third-order valence-corrected chi connectivity index (χ3v) is 4.80. The van der Waals surface area contributed by atoms with Gasteiger partial charge in [0.05, 0.1) is 6.04 Å². The molecule has 0 fully saturated rings. The quantitative estimate of drug-likeness (QED) is 0.922. The number of carbonyl (C=O) groups is 2. The fraction of sp³-hybridized carbons (Fsp3) is 0.294. The average molecular weight is 315 g/mol. The van der Waals surface area contributed by atoms with Gasteiger partial charge in [-0.05, 0) is 30.9 Å². The number of fused-ring (bicyclic) bond motifs is 1.